The Bertz CT molecular complexity index is 179. The zero-order chi connectivity index (χ0) is 10.8. The fourth-order valence-electron chi connectivity index (χ4n) is 3.67. The van der Waals surface area contributed by atoms with Gasteiger partial charge in [0.15, 0.2) is 0 Å². The van der Waals surface area contributed by atoms with Gasteiger partial charge in [-0.05, 0) is 55.8 Å². The van der Waals surface area contributed by atoms with Crippen LogP contribution in [0, 0.1) is 10.8 Å². The third-order valence-corrected chi connectivity index (χ3v) is 5.72. The fourth-order valence-corrected chi connectivity index (χ4v) is 4.07. The number of fused-ring (bicyclic) bond motifs is 3. The lowest BCUT2D eigenvalue weighted by Crippen LogP contribution is -2.42. The number of rotatable bonds is 5. The molecule has 0 saturated heterocycles. The molecule has 0 unspecified atom stereocenters. The second kappa shape index (κ2) is 4.65. The lowest BCUT2D eigenvalue weighted by atomic mass is 9.53. The normalized spacial score (nSPS) is 39.6. The molecule has 3 aliphatic carbocycles. The molecule has 3 aliphatic rings. The van der Waals surface area contributed by atoms with Crippen LogP contribution in [0.1, 0.15) is 71.1 Å². The predicted octanol–water partition coefficient (Wildman–Crippen LogP) is 5.15. The Morgan fingerprint density at radius 3 is 1.87 bits per heavy atom. The van der Waals surface area contributed by atoms with Crippen molar-refractivity contribution < 1.29 is 0 Å². The van der Waals surface area contributed by atoms with Crippen molar-refractivity contribution in [1.29, 1.82) is 0 Å². The molecule has 0 atom stereocenters. The highest BCUT2D eigenvalue weighted by atomic mass is 35.5. The lowest BCUT2D eigenvalue weighted by molar-refractivity contribution is -0.00189. The van der Waals surface area contributed by atoms with E-state index in [0.717, 1.165) is 11.3 Å². The first-order valence-corrected chi connectivity index (χ1v) is 7.34. The second-order valence-corrected chi connectivity index (χ2v) is 6.36. The van der Waals surface area contributed by atoms with Crippen molar-refractivity contribution in [3.63, 3.8) is 0 Å². The Hall–Kier alpha value is 0.290. The van der Waals surface area contributed by atoms with Gasteiger partial charge in [0.05, 0.1) is 0 Å². The van der Waals surface area contributed by atoms with Gasteiger partial charge in [0.2, 0.25) is 0 Å². The van der Waals surface area contributed by atoms with Gasteiger partial charge in [-0.1, -0.05) is 26.2 Å². The molecule has 3 saturated carbocycles. The van der Waals surface area contributed by atoms with E-state index < -0.39 is 0 Å². The number of alkyl halides is 1. The summed E-state index contributed by atoms with van der Waals surface area (Å²) in [5, 5.41) is 0. The molecule has 0 amide bonds. The van der Waals surface area contributed by atoms with Gasteiger partial charge in [-0.25, -0.2) is 0 Å². The number of hydrogen-bond acceptors (Lipinski definition) is 0. The van der Waals surface area contributed by atoms with Crippen molar-refractivity contribution in [3.05, 3.63) is 0 Å². The van der Waals surface area contributed by atoms with Crippen LogP contribution < -0.4 is 0 Å². The molecule has 3 rings (SSSR count). The summed E-state index contributed by atoms with van der Waals surface area (Å²) in [6.07, 6.45) is 14.4. The topological polar surface area (TPSA) is 0 Å². The number of unbranched alkanes of at least 4 members (excludes halogenated alkanes) is 2. The zero-order valence-corrected chi connectivity index (χ0v) is 10.9. The van der Waals surface area contributed by atoms with Gasteiger partial charge in [-0.3, -0.25) is 0 Å². The minimum absolute atomic E-state index is 0.564. The molecular formula is C14H25Cl. The van der Waals surface area contributed by atoms with Crippen LogP contribution in [0.4, 0.5) is 0 Å². The Morgan fingerprint density at radius 1 is 0.867 bits per heavy atom. The summed E-state index contributed by atoms with van der Waals surface area (Å²) in [7, 11) is 0. The number of halogens is 1. The molecule has 0 spiro atoms. The van der Waals surface area contributed by atoms with Crippen LogP contribution in [0.25, 0.3) is 0 Å². The monoisotopic (exact) mass is 228 g/mol. The van der Waals surface area contributed by atoms with Crippen molar-refractivity contribution >= 4 is 11.6 Å². The van der Waals surface area contributed by atoms with Gasteiger partial charge in [0.25, 0.3) is 0 Å². The van der Waals surface area contributed by atoms with Crippen LogP contribution in [-0.4, -0.2) is 5.88 Å². The third kappa shape index (κ3) is 2.35. The van der Waals surface area contributed by atoms with E-state index in [1.54, 1.807) is 0 Å². The molecule has 0 aromatic heterocycles. The molecule has 0 nitrogen and oxygen atoms in total. The maximum Gasteiger partial charge on any atom is 0.0280 e. The van der Waals surface area contributed by atoms with Crippen molar-refractivity contribution in [2.75, 3.05) is 5.88 Å². The average molecular weight is 229 g/mol. The van der Waals surface area contributed by atoms with Crippen LogP contribution >= 0.6 is 11.6 Å². The standard InChI is InChI=1S/C14H25Cl/c1-2-3-4-5-13-6-9-14(12-15,10-7-13)11-8-13/h2-12H2,1H3. The van der Waals surface area contributed by atoms with Crippen molar-refractivity contribution in [2.45, 2.75) is 71.1 Å². The van der Waals surface area contributed by atoms with Crippen LogP contribution in [0.3, 0.4) is 0 Å². The largest absolute Gasteiger partial charge is 0.126 e. The summed E-state index contributed by atoms with van der Waals surface area (Å²) < 4.78 is 0. The van der Waals surface area contributed by atoms with Gasteiger partial charge in [-0.2, -0.15) is 0 Å². The fraction of sp³-hybridized carbons (Fsp3) is 1.00. The van der Waals surface area contributed by atoms with Gasteiger partial charge < -0.3 is 0 Å². The molecular weight excluding hydrogens is 204 g/mol. The quantitative estimate of drug-likeness (QED) is 0.451. The SMILES string of the molecule is CCCCCC12CCC(CCl)(CC1)CC2. The van der Waals surface area contributed by atoms with Gasteiger partial charge in [0, 0.05) is 5.88 Å². The van der Waals surface area contributed by atoms with E-state index >= 15 is 0 Å². The lowest BCUT2D eigenvalue weighted by Gasteiger charge is -2.53. The summed E-state index contributed by atoms with van der Waals surface area (Å²) in [5.41, 5.74) is 1.32. The maximum absolute atomic E-state index is 6.13. The predicted molar refractivity (Wildman–Crippen MR) is 67.4 cm³/mol. The highest BCUT2D eigenvalue weighted by Crippen LogP contribution is 2.59. The van der Waals surface area contributed by atoms with E-state index in [2.05, 4.69) is 6.92 Å². The smallest absolute Gasteiger partial charge is 0.0280 e. The zero-order valence-electron chi connectivity index (χ0n) is 10.2. The highest BCUT2D eigenvalue weighted by molar-refractivity contribution is 6.18. The van der Waals surface area contributed by atoms with Crippen molar-refractivity contribution in [2.24, 2.45) is 10.8 Å². The summed E-state index contributed by atoms with van der Waals surface area (Å²) in [6.45, 7) is 2.30. The molecule has 0 aliphatic heterocycles. The Morgan fingerprint density at radius 2 is 1.40 bits per heavy atom. The average Bonchev–Trinajstić information content (AvgIpc) is 2.32. The Kier molecular flexibility index (Phi) is 3.65. The number of hydrogen-bond donors (Lipinski definition) is 0. The van der Waals surface area contributed by atoms with Crippen LogP contribution in [0.2, 0.25) is 0 Å². The minimum Gasteiger partial charge on any atom is -0.126 e. The van der Waals surface area contributed by atoms with E-state index in [9.17, 15) is 0 Å². The first-order chi connectivity index (χ1) is 7.24. The molecule has 0 aromatic rings. The summed E-state index contributed by atoms with van der Waals surface area (Å²) in [4.78, 5) is 0. The second-order valence-electron chi connectivity index (χ2n) is 6.09. The molecule has 0 radical (unpaired) electrons. The van der Waals surface area contributed by atoms with Gasteiger partial charge >= 0.3 is 0 Å². The van der Waals surface area contributed by atoms with Gasteiger partial charge in [0.1, 0.15) is 0 Å². The van der Waals surface area contributed by atoms with Crippen molar-refractivity contribution in [3.8, 4) is 0 Å². The van der Waals surface area contributed by atoms with Crippen LogP contribution in [0.5, 0.6) is 0 Å². The summed E-state index contributed by atoms with van der Waals surface area (Å²) >= 11 is 6.13. The van der Waals surface area contributed by atoms with E-state index in [4.69, 9.17) is 11.6 Å². The maximum atomic E-state index is 6.13. The Labute approximate surface area is 99.8 Å². The minimum atomic E-state index is 0.564. The molecule has 0 aromatic carbocycles. The molecule has 0 N–H and O–H groups in total. The molecule has 88 valence electrons. The highest BCUT2D eigenvalue weighted by Gasteiger charge is 2.47. The first-order valence-electron chi connectivity index (χ1n) is 6.80. The van der Waals surface area contributed by atoms with Crippen LogP contribution in [-0.2, 0) is 0 Å². The molecule has 1 heteroatoms. The molecule has 2 bridgehead atoms. The van der Waals surface area contributed by atoms with Crippen LogP contribution in [0.15, 0.2) is 0 Å². The van der Waals surface area contributed by atoms with E-state index in [1.807, 2.05) is 0 Å². The summed E-state index contributed by atoms with van der Waals surface area (Å²) in [5.74, 6) is 0.915. The molecule has 0 heterocycles. The van der Waals surface area contributed by atoms with E-state index in [0.29, 0.717) is 5.41 Å². The first kappa shape index (κ1) is 11.8. The third-order valence-electron chi connectivity index (χ3n) is 5.15. The Balaban J connectivity index is 1.86. The van der Waals surface area contributed by atoms with Gasteiger partial charge in [-0.15, -0.1) is 11.6 Å². The summed E-state index contributed by atoms with van der Waals surface area (Å²) in [6, 6.07) is 0. The molecule has 15 heavy (non-hydrogen) atoms. The molecule has 3 fully saturated rings. The van der Waals surface area contributed by atoms with Crippen molar-refractivity contribution in [1.82, 2.24) is 0 Å². The van der Waals surface area contributed by atoms with E-state index in [-0.39, 0.29) is 0 Å². The van der Waals surface area contributed by atoms with E-state index in [1.165, 1.54) is 64.2 Å².